The maximum absolute atomic E-state index is 11.1. The first-order valence-corrected chi connectivity index (χ1v) is 5.11. The van der Waals surface area contributed by atoms with Crippen molar-refractivity contribution in [1.29, 1.82) is 0 Å². The number of hydrogen-bond donors (Lipinski definition) is 1. The summed E-state index contributed by atoms with van der Waals surface area (Å²) in [5.74, 6) is 0.0910. The third-order valence-electron chi connectivity index (χ3n) is 1.62. The topological polar surface area (TPSA) is 29.1 Å². The van der Waals surface area contributed by atoms with Gasteiger partial charge in [0.2, 0.25) is 5.91 Å². The van der Waals surface area contributed by atoms with Crippen LogP contribution in [0.25, 0.3) is 0 Å². The van der Waals surface area contributed by atoms with Crippen molar-refractivity contribution in [1.82, 2.24) is 5.32 Å². The second-order valence-corrected chi connectivity index (χ2v) is 3.72. The lowest BCUT2D eigenvalue weighted by Crippen LogP contribution is -2.21. The molecule has 1 aromatic rings. The molecule has 0 saturated heterocycles. The molecule has 1 rings (SSSR count). The van der Waals surface area contributed by atoms with Crippen LogP contribution in [0.15, 0.2) is 30.2 Å². The lowest BCUT2D eigenvalue weighted by atomic mass is 10.3. The van der Waals surface area contributed by atoms with E-state index >= 15 is 0 Å². The molecule has 0 aliphatic rings. The molecule has 1 amide bonds. The van der Waals surface area contributed by atoms with Gasteiger partial charge in [-0.3, -0.25) is 4.79 Å². The summed E-state index contributed by atoms with van der Waals surface area (Å²) in [7, 11) is 0. The SMILES string of the molecule is C=CCCC(=O)NCc1cccs1. The van der Waals surface area contributed by atoms with Gasteiger partial charge in [-0.15, -0.1) is 17.9 Å². The van der Waals surface area contributed by atoms with Crippen LogP contribution in [0.1, 0.15) is 17.7 Å². The molecule has 0 radical (unpaired) electrons. The van der Waals surface area contributed by atoms with Crippen LogP contribution in [0.3, 0.4) is 0 Å². The fourth-order valence-electron chi connectivity index (χ4n) is 0.920. The van der Waals surface area contributed by atoms with Gasteiger partial charge in [-0.1, -0.05) is 12.1 Å². The average Bonchev–Trinajstić information content (AvgIpc) is 2.64. The van der Waals surface area contributed by atoms with Crippen molar-refractivity contribution in [2.45, 2.75) is 19.4 Å². The van der Waals surface area contributed by atoms with E-state index in [9.17, 15) is 4.79 Å². The van der Waals surface area contributed by atoms with Crippen molar-refractivity contribution in [3.63, 3.8) is 0 Å². The van der Waals surface area contributed by atoms with E-state index in [4.69, 9.17) is 0 Å². The molecule has 1 heterocycles. The van der Waals surface area contributed by atoms with Crippen LogP contribution >= 0.6 is 11.3 Å². The van der Waals surface area contributed by atoms with Crippen LogP contribution < -0.4 is 5.32 Å². The Labute approximate surface area is 82.3 Å². The highest BCUT2D eigenvalue weighted by Gasteiger charge is 1.99. The predicted molar refractivity (Wildman–Crippen MR) is 55.6 cm³/mol. The molecule has 0 aromatic carbocycles. The molecule has 0 bridgehead atoms. The van der Waals surface area contributed by atoms with Crippen molar-refractivity contribution in [2.75, 3.05) is 0 Å². The normalized spacial score (nSPS) is 9.54. The molecule has 1 aromatic heterocycles. The number of thiophene rings is 1. The maximum Gasteiger partial charge on any atom is 0.220 e. The summed E-state index contributed by atoms with van der Waals surface area (Å²) in [5.41, 5.74) is 0. The molecule has 0 fully saturated rings. The zero-order chi connectivity index (χ0) is 9.52. The molecular weight excluding hydrogens is 182 g/mol. The van der Waals surface area contributed by atoms with Crippen LogP contribution in [0.4, 0.5) is 0 Å². The molecule has 3 heteroatoms. The quantitative estimate of drug-likeness (QED) is 0.718. The van der Waals surface area contributed by atoms with Crippen molar-refractivity contribution in [3.05, 3.63) is 35.0 Å². The average molecular weight is 195 g/mol. The minimum absolute atomic E-state index is 0.0910. The van der Waals surface area contributed by atoms with Gasteiger partial charge < -0.3 is 5.32 Å². The highest BCUT2D eigenvalue weighted by atomic mass is 32.1. The van der Waals surface area contributed by atoms with Gasteiger partial charge in [0.15, 0.2) is 0 Å². The first kappa shape index (κ1) is 9.99. The molecule has 70 valence electrons. The molecule has 0 atom stereocenters. The number of allylic oxidation sites excluding steroid dienone is 1. The Balaban J connectivity index is 2.19. The Bertz CT molecular complexity index is 266. The molecule has 1 N–H and O–H groups in total. The number of carbonyl (C=O) groups excluding carboxylic acids is 1. The Hall–Kier alpha value is -1.09. The van der Waals surface area contributed by atoms with Gasteiger partial charge in [0.25, 0.3) is 0 Å². The van der Waals surface area contributed by atoms with E-state index < -0.39 is 0 Å². The second-order valence-electron chi connectivity index (χ2n) is 2.68. The third-order valence-corrected chi connectivity index (χ3v) is 2.49. The fourth-order valence-corrected chi connectivity index (χ4v) is 1.56. The van der Waals surface area contributed by atoms with E-state index in [0.717, 1.165) is 6.42 Å². The van der Waals surface area contributed by atoms with Gasteiger partial charge in [0, 0.05) is 11.3 Å². The summed E-state index contributed by atoms with van der Waals surface area (Å²) in [6.07, 6.45) is 3.04. The molecule has 13 heavy (non-hydrogen) atoms. The van der Waals surface area contributed by atoms with Gasteiger partial charge in [-0.05, 0) is 17.9 Å². The van der Waals surface area contributed by atoms with Gasteiger partial charge in [0.05, 0.1) is 6.54 Å². The molecule has 0 spiro atoms. The lowest BCUT2D eigenvalue weighted by Gasteiger charge is -2.01. The Kier molecular flexibility index (Phi) is 4.26. The number of hydrogen-bond acceptors (Lipinski definition) is 2. The predicted octanol–water partition coefficient (Wildman–Crippen LogP) is 2.33. The van der Waals surface area contributed by atoms with E-state index in [1.54, 1.807) is 17.4 Å². The zero-order valence-electron chi connectivity index (χ0n) is 7.45. The maximum atomic E-state index is 11.1. The molecule has 0 unspecified atom stereocenters. The molecular formula is C10H13NOS. The van der Waals surface area contributed by atoms with Crippen molar-refractivity contribution in [2.24, 2.45) is 0 Å². The number of nitrogens with one attached hydrogen (secondary N) is 1. The Morgan fingerprint density at radius 3 is 3.15 bits per heavy atom. The summed E-state index contributed by atoms with van der Waals surface area (Å²) in [6.45, 7) is 4.21. The van der Waals surface area contributed by atoms with E-state index in [1.807, 2.05) is 17.5 Å². The van der Waals surface area contributed by atoms with Gasteiger partial charge in [-0.2, -0.15) is 0 Å². The van der Waals surface area contributed by atoms with Gasteiger partial charge in [0.1, 0.15) is 0 Å². The first-order valence-electron chi connectivity index (χ1n) is 4.23. The van der Waals surface area contributed by atoms with Crippen LogP contribution in [0, 0.1) is 0 Å². The fraction of sp³-hybridized carbons (Fsp3) is 0.300. The number of carbonyl (C=O) groups is 1. The molecule has 0 aliphatic carbocycles. The van der Waals surface area contributed by atoms with Crippen LogP contribution in [0.5, 0.6) is 0 Å². The van der Waals surface area contributed by atoms with E-state index in [2.05, 4.69) is 11.9 Å². The van der Waals surface area contributed by atoms with Crippen LogP contribution in [0.2, 0.25) is 0 Å². The highest BCUT2D eigenvalue weighted by molar-refractivity contribution is 7.09. The number of rotatable bonds is 5. The van der Waals surface area contributed by atoms with Crippen molar-refractivity contribution in [3.8, 4) is 0 Å². The molecule has 2 nitrogen and oxygen atoms in total. The van der Waals surface area contributed by atoms with E-state index in [1.165, 1.54) is 4.88 Å². The van der Waals surface area contributed by atoms with E-state index in [0.29, 0.717) is 13.0 Å². The third kappa shape index (κ3) is 3.90. The van der Waals surface area contributed by atoms with Crippen LogP contribution in [-0.4, -0.2) is 5.91 Å². The largest absolute Gasteiger partial charge is 0.351 e. The van der Waals surface area contributed by atoms with Crippen LogP contribution in [-0.2, 0) is 11.3 Å². The zero-order valence-corrected chi connectivity index (χ0v) is 8.27. The smallest absolute Gasteiger partial charge is 0.220 e. The number of amides is 1. The highest BCUT2D eigenvalue weighted by Crippen LogP contribution is 2.07. The molecule has 0 saturated carbocycles. The van der Waals surface area contributed by atoms with Crippen molar-refractivity contribution >= 4 is 17.2 Å². The van der Waals surface area contributed by atoms with Gasteiger partial charge >= 0.3 is 0 Å². The Morgan fingerprint density at radius 1 is 1.69 bits per heavy atom. The summed E-state index contributed by atoms with van der Waals surface area (Å²) in [6, 6.07) is 3.99. The lowest BCUT2D eigenvalue weighted by molar-refractivity contribution is -0.121. The monoisotopic (exact) mass is 195 g/mol. The van der Waals surface area contributed by atoms with Gasteiger partial charge in [-0.25, -0.2) is 0 Å². The standard InChI is InChI=1S/C10H13NOS/c1-2-3-6-10(12)11-8-9-5-4-7-13-9/h2,4-5,7H,1,3,6,8H2,(H,11,12). The minimum Gasteiger partial charge on any atom is -0.351 e. The summed E-state index contributed by atoms with van der Waals surface area (Å²) in [5, 5.41) is 4.85. The summed E-state index contributed by atoms with van der Waals surface area (Å²) >= 11 is 1.65. The summed E-state index contributed by atoms with van der Waals surface area (Å²) < 4.78 is 0. The van der Waals surface area contributed by atoms with E-state index in [-0.39, 0.29) is 5.91 Å². The minimum atomic E-state index is 0.0910. The molecule has 0 aliphatic heterocycles. The van der Waals surface area contributed by atoms with Crippen molar-refractivity contribution < 1.29 is 4.79 Å². The first-order chi connectivity index (χ1) is 6.33. The Morgan fingerprint density at radius 2 is 2.54 bits per heavy atom. The second kappa shape index (κ2) is 5.54. The summed E-state index contributed by atoms with van der Waals surface area (Å²) in [4.78, 5) is 12.3.